The Hall–Kier alpha value is -2.64. The molecule has 0 aliphatic carbocycles. The van der Waals surface area contributed by atoms with Gasteiger partial charge in [0.2, 0.25) is 0 Å². The minimum Gasteiger partial charge on any atom is -0.466 e. The van der Waals surface area contributed by atoms with Gasteiger partial charge in [-0.15, -0.1) is 0 Å². The zero-order chi connectivity index (χ0) is 18.4. The molecular formula is C19H26N6O. The first kappa shape index (κ1) is 18.2. The molecule has 0 radical (unpaired) electrons. The van der Waals surface area contributed by atoms with Gasteiger partial charge in [-0.25, -0.2) is 0 Å². The maximum absolute atomic E-state index is 9.07. The Morgan fingerprint density at radius 3 is 2.73 bits per heavy atom. The highest BCUT2D eigenvalue weighted by molar-refractivity contribution is 5.44. The molecule has 0 spiro atoms. The molecule has 2 aliphatic heterocycles. The number of furan rings is 1. The first-order valence-electron chi connectivity index (χ1n) is 9.25. The fraction of sp³-hybridized carbons (Fsp3) is 0.579. The molecule has 0 atom stereocenters. The largest absolute Gasteiger partial charge is 0.466 e. The van der Waals surface area contributed by atoms with Gasteiger partial charge in [-0.05, 0) is 25.9 Å². The Morgan fingerprint density at radius 2 is 2.00 bits per heavy atom. The number of nitrogens with one attached hydrogen (secondary N) is 1. The maximum Gasteiger partial charge on any atom is 0.169 e. The topological polar surface area (TPSA) is 82.5 Å². The van der Waals surface area contributed by atoms with Gasteiger partial charge in [-0.1, -0.05) is 6.42 Å². The summed E-state index contributed by atoms with van der Waals surface area (Å²) in [7, 11) is 2.04. The number of nitrogens with zero attached hydrogens (tertiary/aromatic N) is 5. The van der Waals surface area contributed by atoms with Crippen LogP contribution in [0.5, 0.6) is 0 Å². The highest BCUT2D eigenvalue weighted by Crippen LogP contribution is 2.21. The Labute approximate surface area is 155 Å². The molecule has 0 aromatic carbocycles. The summed E-state index contributed by atoms with van der Waals surface area (Å²) in [6, 6.07) is 6.05. The molecular weight excluding hydrogens is 328 g/mol. The molecule has 0 unspecified atom stereocenters. The van der Waals surface area contributed by atoms with Crippen LogP contribution >= 0.6 is 0 Å². The lowest BCUT2D eigenvalue weighted by Crippen LogP contribution is -2.32. The molecule has 3 heterocycles. The Kier molecular flexibility index (Phi) is 6.04. The Morgan fingerprint density at radius 1 is 1.23 bits per heavy atom. The van der Waals surface area contributed by atoms with Gasteiger partial charge >= 0.3 is 0 Å². The quantitative estimate of drug-likeness (QED) is 0.781. The van der Waals surface area contributed by atoms with E-state index in [-0.39, 0.29) is 5.57 Å². The fourth-order valence-electron chi connectivity index (χ4n) is 3.52. The van der Waals surface area contributed by atoms with Crippen molar-refractivity contribution < 1.29 is 4.42 Å². The fourth-order valence-corrected chi connectivity index (χ4v) is 3.52. The van der Waals surface area contributed by atoms with E-state index in [4.69, 9.17) is 14.9 Å². The summed E-state index contributed by atoms with van der Waals surface area (Å²) >= 11 is 0. The third kappa shape index (κ3) is 4.30. The third-order valence-corrected chi connectivity index (χ3v) is 5.06. The van der Waals surface area contributed by atoms with Crippen LogP contribution in [-0.2, 0) is 6.54 Å². The summed E-state index contributed by atoms with van der Waals surface area (Å²) in [5.41, 5.74) is 1.22. The zero-order valence-corrected chi connectivity index (χ0v) is 15.4. The minimum atomic E-state index is 0.150. The van der Waals surface area contributed by atoms with Gasteiger partial charge in [0, 0.05) is 39.3 Å². The highest BCUT2D eigenvalue weighted by atomic mass is 16.3. The van der Waals surface area contributed by atoms with Crippen molar-refractivity contribution in [3.8, 4) is 12.1 Å². The predicted octanol–water partition coefficient (Wildman–Crippen LogP) is 1.87. The minimum absolute atomic E-state index is 0.150. The summed E-state index contributed by atoms with van der Waals surface area (Å²) in [5.74, 6) is 1.66. The lowest BCUT2D eigenvalue weighted by molar-refractivity contribution is 0.205. The van der Waals surface area contributed by atoms with E-state index in [0.29, 0.717) is 5.82 Å². The molecule has 26 heavy (non-hydrogen) atoms. The molecule has 2 fully saturated rings. The average molecular weight is 354 g/mol. The summed E-state index contributed by atoms with van der Waals surface area (Å²) in [6.45, 7) is 6.30. The number of rotatable bonds is 6. The summed E-state index contributed by atoms with van der Waals surface area (Å²) in [4.78, 5) is 6.66. The number of allylic oxidation sites excluding steroid dienone is 1. The van der Waals surface area contributed by atoms with E-state index in [1.165, 1.54) is 19.3 Å². The lowest BCUT2D eigenvalue weighted by atomic mass is 10.1. The van der Waals surface area contributed by atoms with E-state index >= 15 is 0 Å². The molecule has 1 aromatic rings. The van der Waals surface area contributed by atoms with Crippen LogP contribution in [-0.4, -0.2) is 56.1 Å². The van der Waals surface area contributed by atoms with Crippen molar-refractivity contribution in [2.45, 2.75) is 25.8 Å². The molecule has 2 saturated heterocycles. The van der Waals surface area contributed by atoms with E-state index in [1.807, 2.05) is 25.4 Å². The van der Waals surface area contributed by atoms with E-state index in [0.717, 1.165) is 57.3 Å². The standard InChI is InChI=1S/C19H26N6O/c1-23(9-10-25-8-5-22-19(25)16(12-20)13-21)17-11-18(26-15-17)14-24-6-3-2-4-7-24/h11,15,22H,2-10,14H2,1H3. The van der Waals surface area contributed by atoms with Crippen molar-refractivity contribution in [3.63, 3.8) is 0 Å². The third-order valence-electron chi connectivity index (χ3n) is 5.06. The number of piperidine rings is 1. The predicted molar refractivity (Wildman–Crippen MR) is 98.9 cm³/mol. The molecule has 7 heteroatoms. The number of likely N-dealkylation sites (tertiary alicyclic amines) is 1. The van der Waals surface area contributed by atoms with Gasteiger partial charge in [0.1, 0.15) is 30.0 Å². The first-order valence-corrected chi connectivity index (χ1v) is 9.25. The van der Waals surface area contributed by atoms with Crippen LogP contribution in [0.15, 0.2) is 28.1 Å². The van der Waals surface area contributed by atoms with E-state index in [2.05, 4.69) is 26.1 Å². The lowest BCUT2D eigenvalue weighted by Gasteiger charge is -2.25. The normalized spacial score (nSPS) is 17.5. The molecule has 7 nitrogen and oxygen atoms in total. The average Bonchev–Trinajstić information content (AvgIpc) is 3.32. The Bertz CT molecular complexity index is 703. The van der Waals surface area contributed by atoms with Crippen LogP contribution in [0.3, 0.4) is 0 Å². The first-order chi connectivity index (χ1) is 12.7. The van der Waals surface area contributed by atoms with Crippen molar-refractivity contribution in [3.05, 3.63) is 29.5 Å². The number of hydrogen-bond donors (Lipinski definition) is 1. The van der Waals surface area contributed by atoms with Crippen LogP contribution in [0.4, 0.5) is 5.69 Å². The van der Waals surface area contributed by atoms with Crippen molar-refractivity contribution in [2.24, 2.45) is 0 Å². The number of hydrogen-bond acceptors (Lipinski definition) is 7. The number of likely N-dealkylation sites (N-methyl/N-ethyl adjacent to an activating group) is 1. The monoisotopic (exact) mass is 354 g/mol. The molecule has 3 rings (SSSR count). The highest BCUT2D eigenvalue weighted by Gasteiger charge is 2.21. The van der Waals surface area contributed by atoms with Crippen LogP contribution in [0.2, 0.25) is 0 Å². The second kappa shape index (κ2) is 8.64. The van der Waals surface area contributed by atoms with Gasteiger partial charge in [0.15, 0.2) is 5.57 Å². The molecule has 1 N–H and O–H groups in total. The van der Waals surface area contributed by atoms with Crippen molar-refractivity contribution in [1.29, 1.82) is 10.5 Å². The second-order valence-electron chi connectivity index (χ2n) is 6.89. The summed E-state index contributed by atoms with van der Waals surface area (Å²) in [5, 5.41) is 21.3. The molecule has 0 saturated carbocycles. The van der Waals surface area contributed by atoms with Crippen LogP contribution in [0.1, 0.15) is 25.0 Å². The molecule has 0 bridgehead atoms. The van der Waals surface area contributed by atoms with Gasteiger partial charge in [0.25, 0.3) is 0 Å². The summed E-state index contributed by atoms with van der Waals surface area (Å²) in [6.07, 6.45) is 5.71. The molecule has 1 aromatic heterocycles. The number of nitriles is 2. The van der Waals surface area contributed by atoms with E-state index < -0.39 is 0 Å². The number of anilines is 1. The van der Waals surface area contributed by atoms with Crippen LogP contribution in [0, 0.1) is 22.7 Å². The van der Waals surface area contributed by atoms with Gasteiger partial charge in [-0.2, -0.15) is 10.5 Å². The van der Waals surface area contributed by atoms with Gasteiger partial charge in [0.05, 0.1) is 12.2 Å². The van der Waals surface area contributed by atoms with Crippen molar-refractivity contribution in [2.75, 3.05) is 51.2 Å². The van der Waals surface area contributed by atoms with E-state index in [1.54, 1.807) is 0 Å². The van der Waals surface area contributed by atoms with Crippen molar-refractivity contribution >= 4 is 5.69 Å². The van der Waals surface area contributed by atoms with Crippen LogP contribution in [0.25, 0.3) is 0 Å². The SMILES string of the molecule is CN(CCN1CCNC1=C(C#N)C#N)c1coc(CN2CCCCC2)c1. The zero-order valence-electron chi connectivity index (χ0n) is 15.4. The molecule has 2 aliphatic rings. The maximum atomic E-state index is 9.07. The Balaban J connectivity index is 1.54. The second-order valence-corrected chi connectivity index (χ2v) is 6.89. The summed E-state index contributed by atoms with van der Waals surface area (Å²) < 4.78 is 5.75. The van der Waals surface area contributed by atoms with Gasteiger partial charge in [-0.3, -0.25) is 4.90 Å². The van der Waals surface area contributed by atoms with Crippen molar-refractivity contribution in [1.82, 2.24) is 15.1 Å². The van der Waals surface area contributed by atoms with Crippen LogP contribution < -0.4 is 10.2 Å². The van der Waals surface area contributed by atoms with E-state index in [9.17, 15) is 0 Å². The smallest absolute Gasteiger partial charge is 0.169 e. The van der Waals surface area contributed by atoms with Gasteiger partial charge < -0.3 is 19.5 Å². The molecule has 0 amide bonds. The molecule has 138 valence electrons.